The minimum Gasteiger partial charge on any atom is -0.384 e. The molecule has 0 saturated heterocycles. The van der Waals surface area contributed by atoms with Gasteiger partial charge in [0.05, 0.1) is 0 Å². The van der Waals surface area contributed by atoms with Crippen LogP contribution >= 0.6 is 23.3 Å². The van der Waals surface area contributed by atoms with E-state index in [4.69, 9.17) is 11.1 Å². The Bertz CT molecular complexity index is 737. The quantitative estimate of drug-likeness (QED) is 0.573. The Balaban J connectivity index is 2.16. The minimum atomic E-state index is 0.0867. The predicted molar refractivity (Wildman–Crippen MR) is 79.0 cm³/mol. The van der Waals surface area contributed by atoms with E-state index in [1.54, 1.807) is 18.1 Å². The van der Waals surface area contributed by atoms with Crippen LogP contribution in [-0.2, 0) is 0 Å². The summed E-state index contributed by atoms with van der Waals surface area (Å²) in [6.07, 6.45) is 1.55. The molecule has 0 saturated carbocycles. The second kappa shape index (κ2) is 4.99. The molecule has 1 heterocycles. The molecule has 2 aromatic carbocycles. The number of aromatic nitrogens is 2. The van der Waals surface area contributed by atoms with Crippen molar-refractivity contribution in [3.05, 3.63) is 48.3 Å². The topological polar surface area (TPSA) is 75.7 Å². The maximum Gasteiger partial charge on any atom is 0.174 e. The van der Waals surface area contributed by atoms with Crippen molar-refractivity contribution in [1.82, 2.24) is 9.36 Å². The van der Waals surface area contributed by atoms with Gasteiger partial charge in [0.25, 0.3) is 0 Å². The normalized spacial score (nSPS) is 10.7. The first kappa shape index (κ1) is 12.1. The van der Waals surface area contributed by atoms with Crippen molar-refractivity contribution in [2.75, 3.05) is 0 Å². The molecule has 0 bridgehead atoms. The maximum atomic E-state index is 7.63. The molecule has 0 amide bonds. The standard InChI is InChI=1S/C13H10N4S2/c14-12(15)10-5-6-11(18-13-16-7-17-19-13)9-4-2-1-3-8(9)10/h1-7H,(H3,14,15). The highest BCUT2D eigenvalue weighted by molar-refractivity contribution is 8.01. The van der Waals surface area contributed by atoms with E-state index in [2.05, 4.69) is 9.36 Å². The predicted octanol–water partition coefficient (Wildman–Crippen LogP) is 3.13. The number of nitrogens with two attached hydrogens (primary N) is 1. The molecule has 1 aromatic heterocycles. The average Bonchev–Trinajstić information content (AvgIpc) is 2.91. The van der Waals surface area contributed by atoms with Gasteiger partial charge in [0.15, 0.2) is 4.34 Å². The second-order valence-corrected chi connectivity index (χ2v) is 5.95. The average molecular weight is 286 g/mol. The highest BCUT2D eigenvalue weighted by atomic mass is 32.2. The summed E-state index contributed by atoms with van der Waals surface area (Å²) in [7, 11) is 0. The summed E-state index contributed by atoms with van der Waals surface area (Å²) in [5, 5.41) is 9.70. The van der Waals surface area contributed by atoms with Crippen LogP contribution in [0.2, 0.25) is 0 Å². The number of hydrogen-bond acceptors (Lipinski definition) is 5. The molecule has 0 unspecified atom stereocenters. The molecule has 94 valence electrons. The molecule has 3 aromatic rings. The third-order valence-electron chi connectivity index (χ3n) is 2.71. The van der Waals surface area contributed by atoms with Gasteiger partial charge in [-0.3, -0.25) is 5.41 Å². The van der Waals surface area contributed by atoms with Crippen molar-refractivity contribution in [1.29, 1.82) is 5.41 Å². The SMILES string of the molecule is N=C(N)c1ccc(Sc2ncns2)c2ccccc12. The van der Waals surface area contributed by atoms with Gasteiger partial charge in [0.1, 0.15) is 12.2 Å². The fourth-order valence-electron chi connectivity index (χ4n) is 1.90. The Morgan fingerprint density at radius 3 is 2.63 bits per heavy atom. The van der Waals surface area contributed by atoms with Crippen LogP contribution in [0.5, 0.6) is 0 Å². The van der Waals surface area contributed by atoms with E-state index in [1.807, 2.05) is 36.4 Å². The number of nitrogen functional groups attached to an aromatic ring is 1. The second-order valence-electron chi connectivity index (χ2n) is 3.88. The van der Waals surface area contributed by atoms with Crippen LogP contribution < -0.4 is 5.73 Å². The molecule has 0 aliphatic carbocycles. The van der Waals surface area contributed by atoms with Crippen LogP contribution in [0.1, 0.15) is 5.56 Å². The molecule has 0 aliphatic heterocycles. The Morgan fingerprint density at radius 1 is 1.16 bits per heavy atom. The third kappa shape index (κ3) is 2.32. The van der Waals surface area contributed by atoms with Crippen molar-refractivity contribution in [3.63, 3.8) is 0 Å². The lowest BCUT2D eigenvalue weighted by atomic mass is 10.0. The Morgan fingerprint density at radius 2 is 1.95 bits per heavy atom. The lowest BCUT2D eigenvalue weighted by Gasteiger charge is -2.08. The van der Waals surface area contributed by atoms with Crippen molar-refractivity contribution in [2.45, 2.75) is 9.24 Å². The van der Waals surface area contributed by atoms with Crippen molar-refractivity contribution < 1.29 is 0 Å². The van der Waals surface area contributed by atoms with Crippen LogP contribution in [0.25, 0.3) is 10.8 Å². The number of rotatable bonds is 3. The number of nitrogens with one attached hydrogen (secondary N) is 1. The molecule has 0 aliphatic rings. The third-order valence-corrected chi connectivity index (χ3v) is 4.50. The summed E-state index contributed by atoms with van der Waals surface area (Å²) >= 11 is 2.95. The van der Waals surface area contributed by atoms with Crippen LogP contribution in [-0.4, -0.2) is 15.2 Å². The van der Waals surface area contributed by atoms with Gasteiger partial charge in [0, 0.05) is 10.5 Å². The molecule has 0 radical (unpaired) electrons. The van der Waals surface area contributed by atoms with Gasteiger partial charge >= 0.3 is 0 Å². The number of fused-ring (bicyclic) bond motifs is 1. The molecule has 6 heteroatoms. The number of nitrogens with zero attached hydrogens (tertiary/aromatic N) is 2. The van der Waals surface area contributed by atoms with Gasteiger partial charge in [0.2, 0.25) is 0 Å². The van der Waals surface area contributed by atoms with Gasteiger partial charge in [-0.2, -0.15) is 4.37 Å². The number of hydrogen-bond donors (Lipinski definition) is 2. The zero-order chi connectivity index (χ0) is 13.2. The Kier molecular flexibility index (Phi) is 3.18. The molecule has 0 atom stereocenters. The monoisotopic (exact) mass is 286 g/mol. The van der Waals surface area contributed by atoms with E-state index in [1.165, 1.54) is 11.5 Å². The maximum absolute atomic E-state index is 7.63. The molecular weight excluding hydrogens is 276 g/mol. The summed E-state index contributed by atoms with van der Waals surface area (Å²) in [6, 6.07) is 11.8. The van der Waals surface area contributed by atoms with Gasteiger partial charge < -0.3 is 5.73 Å². The van der Waals surface area contributed by atoms with Crippen LogP contribution in [0, 0.1) is 5.41 Å². The van der Waals surface area contributed by atoms with E-state index in [9.17, 15) is 0 Å². The zero-order valence-corrected chi connectivity index (χ0v) is 11.5. The van der Waals surface area contributed by atoms with E-state index in [-0.39, 0.29) is 5.84 Å². The number of benzene rings is 2. The summed E-state index contributed by atoms with van der Waals surface area (Å²) in [6.45, 7) is 0. The summed E-state index contributed by atoms with van der Waals surface area (Å²) in [5.41, 5.74) is 6.38. The summed E-state index contributed by atoms with van der Waals surface area (Å²) < 4.78 is 4.90. The fraction of sp³-hybridized carbons (Fsp3) is 0. The first-order chi connectivity index (χ1) is 9.25. The first-order valence-corrected chi connectivity index (χ1v) is 7.15. The highest BCUT2D eigenvalue weighted by Crippen LogP contribution is 2.35. The highest BCUT2D eigenvalue weighted by Gasteiger charge is 2.09. The van der Waals surface area contributed by atoms with Gasteiger partial charge in [-0.05, 0) is 34.4 Å². The lowest BCUT2D eigenvalue weighted by Crippen LogP contribution is -2.11. The Hall–Kier alpha value is -1.92. The van der Waals surface area contributed by atoms with Crippen molar-refractivity contribution >= 4 is 39.9 Å². The van der Waals surface area contributed by atoms with Gasteiger partial charge in [-0.1, -0.05) is 36.0 Å². The van der Waals surface area contributed by atoms with Crippen LogP contribution in [0.3, 0.4) is 0 Å². The van der Waals surface area contributed by atoms with Gasteiger partial charge in [-0.25, -0.2) is 4.98 Å². The van der Waals surface area contributed by atoms with Crippen LogP contribution in [0.4, 0.5) is 0 Å². The molecule has 0 spiro atoms. The molecule has 4 nitrogen and oxygen atoms in total. The molecule has 0 fully saturated rings. The van der Waals surface area contributed by atoms with E-state index in [0.717, 1.165) is 25.6 Å². The summed E-state index contributed by atoms with van der Waals surface area (Å²) in [5.74, 6) is 0.0867. The zero-order valence-electron chi connectivity index (χ0n) is 9.83. The van der Waals surface area contributed by atoms with E-state index < -0.39 is 0 Å². The summed E-state index contributed by atoms with van der Waals surface area (Å²) in [4.78, 5) is 5.27. The minimum absolute atomic E-state index is 0.0867. The van der Waals surface area contributed by atoms with Crippen LogP contribution in [0.15, 0.2) is 52.0 Å². The van der Waals surface area contributed by atoms with Crippen molar-refractivity contribution in [2.24, 2.45) is 5.73 Å². The van der Waals surface area contributed by atoms with Crippen molar-refractivity contribution in [3.8, 4) is 0 Å². The smallest absolute Gasteiger partial charge is 0.174 e. The lowest BCUT2D eigenvalue weighted by molar-refractivity contribution is 1.21. The largest absolute Gasteiger partial charge is 0.384 e. The molecular formula is C13H10N4S2. The van der Waals surface area contributed by atoms with E-state index in [0.29, 0.717) is 0 Å². The Labute approximate surface area is 118 Å². The molecule has 3 N–H and O–H groups in total. The fourth-order valence-corrected chi connectivity index (χ4v) is 3.44. The first-order valence-electron chi connectivity index (χ1n) is 5.56. The number of amidine groups is 1. The molecule has 19 heavy (non-hydrogen) atoms. The van der Waals surface area contributed by atoms with Gasteiger partial charge in [-0.15, -0.1) is 0 Å². The van der Waals surface area contributed by atoms with E-state index >= 15 is 0 Å². The molecule has 3 rings (SSSR count).